The maximum Gasteiger partial charge on any atom is 0.255 e. The highest BCUT2D eigenvalue weighted by Gasteiger charge is 2.17. The molecule has 1 saturated carbocycles. The maximum atomic E-state index is 12.5. The van der Waals surface area contributed by atoms with E-state index in [1.807, 2.05) is 0 Å². The van der Waals surface area contributed by atoms with Crippen LogP contribution in [0.3, 0.4) is 0 Å². The molecule has 0 aliphatic heterocycles. The van der Waals surface area contributed by atoms with Crippen LogP contribution in [0.4, 0.5) is 5.69 Å². The topological polar surface area (TPSA) is 94.5 Å². The Kier molecular flexibility index (Phi) is 7.02. The summed E-state index contributed by atoms with van der Waals surface area (Å²) in [5.74, 6) is 0.268. The van der Waals surface area contributed by atoms with Crippen LogP contribution in [0.25, 0.3) is 0 Å². The molecular weight excluding hydrogens is 360 g/mol. The fourth-order valence-corrected chi connectivity index (χ4v) is 3.18. The molecule has 1 heterocycles. The van der Waals surface area contributed by atoms with Crippen molar-refractivity contribution < 1.29 is 19.1 Å². The Balaban J connectivity index is 1.52. The van der Waals surface area contributed by atoms with E-state index in [1.165, 1.54) is 23.7 Å². The second kappa shape index (κ2) is 9.89. The third kappa shape index (κ3) is 5.82. The normalized spacial score (nSPS) is 14.0. The summed E-state index contributed by atoms with van der Waals surface area (Å²) in [7, 11) is 1.60. The first kappa shape index (κ1) is 19.9. The van der Waals surface area contributed by atoms with Gasteiger partial charge in [0.1, 0.15) is 18.9 Å². The molecule has 8 heteroatoms. The Labute approximate surface area is 164 Å². The number of anilines is 1. The lowest BCUT2D eigenvalue weighted by atomic mass is 10.2. The number of nitrogens with one attached hydrogen (secondary N) is 2. The first-order chi connectivity index (χ1) is 13.6. The van der Waals surface area contributed by atoms with Crippen molar-refractivity contribution in [3.8, 4) is 5.75 Å². The van der Waals surface area contributed by atoms with Crippen LogP contribution in [0.1, 0.15) is 36.0 Å². The van der Waals surface area contributed by atoms with Gasteiger partial charge in [-0.1, -0.05) is 18.9 Å². The number of hydrogen-bond donors (Lipinski definition) is 2. The lowest BCUT2D eigenvalue weighted by Gasteiger charge is -2.11. The standard InChI is InChI=1S/C20H26N4O4/c1-27-9-10-28-18-8-4-5-15(11-18)20(26)23-17-12-21-24(13-17)14-19(25)22-16-6-2-3-7-16/h4-5,8,11-13,16H,2-3,6-7,9-10,14H2,1H3,(H,22,25)(H,23,26). The molecule has 0 radical (unpaired) electrons. The Morgan fingerprint density at radius 2 is 2.07 bits per heavy atom. The zero-order valence-electron chi connectivity index (χ0n) is 16.0. The van der Waals surface area contributed by atoms with Crippen molar-refractivity contribution in [2.24, 2.45) is 0 Å². The van der Waals surface area contributed by atoms with E-state index in [4.69, 9.17) is 9.47 Å². The molecule has 1 aromatic carbocycles. The van der Waals surface area contributed by atoms with Gasteiger partial charge in [-0.25, -0.2) is 0 Å². The van der Waals surface area contributed by atoms with E-state index in [1.54, 1.807) is 37.6 Å². The Morgan fingerprint density at radius 1 is 1.25 bits per heavy atom. The zero-order chi connectivity index (χ0) is 19.8. The molecule has 0 saturated heterocycles. The predicted octanol–water partition coefficient (Wildman–Crippen LogP) is 2.22. The Morgan fingerprint density at radius 3 is 2.86 bits per heavy atom. The van der Waals surface area contributed by atoms with Gasteiger partial charge in [-0.2, -0.15) is 5.10 Å². The number of rotatable bonds is 9. The van der Waals surface area contributed by atoms with Gasteiger partial charge < -0.3 is 20.1 Å². The van der Waals surface area contributed by atoms with Gasteiger partial charge in [0.05, 0.1) is 18.5 Å². The molecule has 1 aromatic heterocycles. The Bertz CT molecular complexity index is 799. The number of carbonyl (C=O) groups is 2. The first-order valence-electron chi connectivity index (χ1n) is 9.49. The minimum absolute atomic E-state index is 0.0613. The largest absolute Gasteiger partial charge is 0.491 e. The molecule has 8 nitrogen and oxygen atoms in total. The molecular formula is C20H26N4O4. The molecule has 0 atom stereocenters. The van der Waals surface area contributed by atoms with E-state index in [9.17, 15) is 9.59 Å². The predicted molar refractivity (Wildman–Crippen MR) is 104 cm³/mol. The molecule has 0 unspecified atom stereocenters. The van der Waals surface area contributed by atoms with Crippen LogP contribution in [-0.2, 0) is 16.1 Å². The minimum atomic E-state index is -0.271. The van der Waals surface area contributed by atoms with Crippen molar-refractivity contribution in [1.29, 1.82) is 0 Å². The van der Waals surface area contributed by atoms with Gasteiger partial charge in [-0.05, 0) is 31.0 Å². The number of nitrogens with zero attached hydrogens (tertiary/aromatic N) is 2. The molecule has 0 bridgehead atoms. The van der Waals surface area contributed by atoms with Gasteiger partial charge in [0.15, 0.2) is 0 Å². The second-order valence-electron chi connectivity index (χ2n) is 6.80. The number of methoxy groups -OCH3 is 1. The lowest BCUT2D eigenvalue weighted by molar-refractivity contribution is -0.122. The summed E-state index contributed by atoms with van der Waals surface area (Å²) < 4.78 is 12.0. The van der Waals surface area contributed by atoms with Crippen molar-refractivity contribution in [3.05, 3.63) is 42.2 Å². The lowest BCUT2D eigenvalue weighted by Crippen LogP contribution is -2.35. The highest BCUT2D eigenvalue weighted by Crippen LogP contribution is 2.18. The van der Waals surface area contributed by atoms with Crippen LogP contribution < -0.4 is 15.4 Å². The summed E-state index contributed by atoms with van der Waals surface area (Å²) in [6, 6.07) is 7.20. The fourth-order valence-electron chi connectivity index (χ4n) is 3.18. The zero-order valence-corrected chi connectivity index (χ0v) is 16.0. The van der Waals surface area contributed by atoms with Crippen LogP contribution in [0.5, 0.6) is 5.75 Å². The molecule has 1 aliphatic rings. The molecule has 2 N–H and O–H groups in total. The van der Waals surface area contributed by atoms with Crippen molar-refractivity contribution >= 4 is 17.5 Å². The first-order valence-corrected chi connectivity index (χ1v) is 9.49. The van der Waals surface area contributed by atoms with Crippen LogP contribution in [0.2, 0.25) is 0 Å². The van der Waals surface area contributed by atoms with Crippen LogP contribution in [-0.4, -0.2) is 48.0 Å². The molecule has 2 amide bonds. The summed E-state index contributed by atoms with van der Waals surface area (Å²) in [6.07, 6.45) is 7.59. The van der Waals surface area contributed by atoms with Gasteiger partial charge in [0, 0.05) is 24.9 Å². The quantitative estimate of drug-likeness (QED) is 0.645. The van der Waals surface area contributed by atoms with Crippen LogP contribution >= 0.6 is 0 Å². The maximum absolute atomic E-state index is 12.5. The fraction of sp³-hybridized carbons (Fsp3) is 0.450. The number of carbonyl (C=O) groups excluding carboxylic acids is 2. The average Bonchev–Trinajstić information content (AvgIpc) is 3.34. The van der Waals surface area contributed by atoms with E-state index in [0.717, 1.165) is 12.8 Å². The molecule has 0 spiro atoms. The highest BCUT2D eigenvalue weighted by molar-refractivity contribution is 6.04. The van der Waals surface area contributed by atoms with E-state index < -0.39 is 0 Å². The molecule has 28 heavy (non-hydrogen) atoms. The number of hydrogen-bond acceptors (Lipinski definition) is 5. The summed E-state index contributed by atoms with van der Waals surface area (Å²) >= 11 is 0. The van der Waals surface area contributed by atoms with Gasteiger partial charge in [0.2, 0.25) is 5.91 Å². The third-order valence-corrected chi connectivity index (χ3v) is 4.57. The molecule has 1 fully saturated rings. The third-order valence-electron chi connectivity index (χ3n) is 4.57. The van der Waals surface area contributed by atoms with Crippen LogP contribution in [0.15, 0.2) is 36.7 Å². The summed E-state index contributed by atoms with van der Waals surface area (Å²) in [4.78, 5) is 24.5. The van der Waals surface area contributed by atoms with Gasteiger partial charge >= 0.3 is 0 Å². The molecule has 3 rings (SSSR count). The van der Waals surface area contributed by atoms with E-state index in [0.29, 0.717) is 30.2 Å². The van der Waals surface area contributed by atoms with Gasteiger partial charge in [-0.15, -0.1) is 0 Å². The van der Waals surface area contributed by atoms with Crippen molar-refractivity contribution in [3.63, 3.8) is 0 Å². The number of amides is 2. The molecule has 150 valence electrons. The monoisotopic (exact) mass is 386 g/mol. The average molecular weight is 386 g/mol. The number of aromatic nitrogens is 2. The minimum Gasteiger partial charge on any atom is -0.491 e. The summed E-state index contributed by atoms with van der Waals surface area (Å²) in [5, 5.41) is 9.95. The smallest absolute Gasteiger partial charge is 0.255 e. The Hall–Kier alpha value is -2.87. The van der Waals surface area contributed by atoms with E-state index in [2.05, 4.69) is 15.7 Å². The van der Waals surface area contributed by atoms with E-state index >= 15 is 0 Å². The summed E-state index contributed by atoms with van der Waals surface area (Å²) in [5.41, 5.74) is 1.01. The van der Waals surface area contributed by atoms with Crippen molar-refractivity contribution in [1.82, 2.24) is 15.1 Å². The second-order valence-corrected chi connectivity index (χ2v) is 6.80. The van der Waals surface area contributed by atoms with E-state index in [-0.39, 0.29) is 24.4 Å². The molecule has 2 aromatic rings. The highest BCUT2D eigenvalue weighted by atomic mass is 16.5. The van der Waals surface area contributed by atoms with Crippen molar-refractivity contribution in [2.45, 2.75) is 38.3 Å². The number of ether oxygens (including phenoxy) is 2. The molecule has 1 aliphatic carbocycles. The van der Waals surface area contributed by atoms with Crippen LogP contribution in [0, 0.1) is 0 Å². The van der Waals surface area contributed by atoms with Gasteiger partial charge in [0.25, 0.3) is 5.91 Å². The SMILES string of the molecule is COCCOc1cccc(C(=O)Nc2cnn(CC(=O)NC3CCCC3)c2)c1. The summed E-state index contributed by atoms with van der Waals surface area (Å²) in [6.45, 7) is 1.02. The van der Waals surface area contributed by atoms with Gasteiger partial charge in [-0.3, -0.25) is 14.3 Å². The van der Waals surface area contributed by atoms with Crippen molar-refractivity contribution in [2.75, 3.05) is 25.6 Å². The number of benzene rings is 1.